The third-order valence-corrected chi connectivity index (χ3v) is 2.63. The molecule has 0 unspecified atom stereocenters. The van der Waals surface area contributed by atoms with Crippen molar-refractivity contribution in [3.05, 3.63) is 65.7 Å². The minimum absolute atomic E-state index is 0.142. The van der Waals surface area contributed by atoms with Gasteiger partial charge in [0.15, 0.2) is 0 Å². The predicted molar refractivity (Wildman–Crippen MR) is 73.9 cm³/mol. The Morgan fingerprint density at radius 1 is 1.05 bits per heavy atom. The molecule has 0 amide bonds. The van der Waals surface area contributed by atoms with Crippen LogP contribution >= 0.6 is 0 Å². The van der Waals surface area contributed by atoms with Gasteiger partial charge in [-0.15, -0.1) is 0 Å². The molecule has 0 aliphatic heterocycles. The highest BCUT2D eigenvalue weighted by Crippen LogP contribution is 2.13. The lowest BCUT2D eigenvalue weighted by molar-refractivity contribution is -0.0810. The van der Waals surface area contributed by atoms with Crippen molar-refractivity contribution in [1.82, 2.24) is 0 Å². The average molecular weight is 258 g/mol. The fourth-order valence-corrected chi connectivity index (χ4v) is 1.73. The van der Waals surface area contributed by atoms with Gasteiger partial charge in [-0.05, 0) is 30.2 Å². The van der Waals surface area contributed by atoms with Crippen LogP contribution in [-0.2, 0) is 11.3 Å². The number of benzene rings is 2. The Bertz CT molecular complexity index is 496. The first-order valence-corrected chi connectivity index (χ1v) is 6.27. The Kier molecular flexibility index (Phi) is 4.95. The van der Waals surface area contributed by atoms with E-state index in [1.165, 1.54) is 0 Å². The number of aliphatic hydroxyl groups is 1. The van der Waals surface area contributed by atoms with E-state index in [9.17, 15) is 5.11 Å². The van der Waals surface area contributed by atoms with Gasteiger partial charge in [-0.1, -0.05) is 42.5 Å². The molecule has 19 heavy (non-hydrogen) atoms. The summed E-state index contributed by atoms with van der Waals surface area (Å²) < 4.78 is 10.8. The summed E-state index contributed by atoms with van der Waals surface area (Å²) in [4.78, 5) is 0. The Hall–Kier alpha value is -1.84. The van der Waals surface area contributed by atoms with Crippen LogP contribution in [0.3, 0.4) is 0 Å². The first kappa shape index (κ1) is 13.6. The first-order chi connectivity index (χ1) is 9.24. The Balaban J connectivity index is 1.74. The number of aryl methyl sites for hydroxylation is 1. The fraction of sp³-hybridized carbons (Fsp3) is 0.250. The van der Waals surface area contributed by atoms with Gasteiger partial charge in [0, 0.05) is 0 Å². The molecule has 0 fully saturated rings. The van der Waals surface area contributed by atoms with E-state index < -0.39 is 6.29 Å². The standard InChI is InChI=1S/C16H18O3/c1-13-6-5-9-15(10-13)19-16(17)12-18-11-14-7-3-2-4-8-14/h2-10,16-17H,11-12H2,1H3/t16-/m0/s1. The normalized spacial score (nSPS) is 12.1. The number of ether oxygens (including phenoxy) is 2. The highest BCUT2D eigenvalue weighted by Gasteiger charge is 2.06. The van der Waals surface area contributed by atoms with Gasteiger partial charge >= 0.3 is 0 Å². The van der Waals surface area contributed by atoms with Gasteiger partial charge in [-0.2, -0.15) is 0 Å². The highest BCUT2D eigenvalue weighted by molar-refractivity contribution is 5.27. The molecule has 100 valence electrons. The molecule has 3 nitrogen and oxygen atoms in total. The van der Waals surface area contributed by atoms with Crippen molar-refractivity contribution in [2.45, 2.75) is 19.8 Å². The van der Waals surface area contributed by atoms with E-state index in [1.54, 1.807) is 0 Å². The van der Waals surface area contributed by atoms with Crippen LogP contribution in [0.1, 0.15) is 11.1 Å². The van der Waals surface area contributed by atoms with Crippen LogP contribution in [0.2, 0.25) is 0 Å². The van der Waals surface area contributed by atoms with E-state index in [0.29, 0.717) is 12.4 Å². The summed E-state index contributed by atoms with van der Waals surface area (Å²) >= 11 is 0. The molecule has 2 rings (SSSR count). The van der Waals surface area contributed by atoms with Gasteiger partial charge in [0.25, 0.3) is 0 Å². The number of hydrogen-bond donors (Lipinski definition) is 1. The fourth-order valence-electron chi connectivity index (χ4n) is 1.73. The lowest BCUT2D eigenvalue weighted by Gasteiger charge is -2.14. The van der Waals surface area contributed by atoms with Crippen molar-refractivity contribution in [1.29, 1.82) is 0 Å². The van der Waals surface area contributed by atoms with Gasteiger partial charge in [0.05, 0.1) is 6.61 Å². The zero-order chi connectivity index (χ0) is 13.5. The SMILES string of the molecule is Cc1cccc(O[C@H](O)COCc2ccccc2)c1. The smallest absolute Gasteiger partial charge is 0.221 e. The van der Waals surface area contributed by atoms with E-state index >= 15 is 0 Å². The molecule has 1 N–H and O–H groups in total. The molecule has 0 saturated carbocycles. The van der Waals surface area contributed by atoms with Crippen molar-refractivity contribution >= 4 is 0 Å². The van der Waals surface area contributed by atoms with Crippen molar-refractivity contribution in [2.24, 2.45) is 0 Å². The monoisotopic (exact) mass is 258 g/mol. The van der Waals surface area contributed by atoms with Crippen molar-refractivity contribution in [3.63, 3.8) is 0 Å². The highest BCUT2D eigenvalue weighted by atomic mass is 16.6. The maximum Gasteiger partial charge on any atom is 0.221 e. The maximum absolute atomic E-state index is 9.72. The van der Waals surface area contributed by atoms with Crippen LogP contribution in [0.5, 0.6) is 5.75 Å². The van der Waals surface area contributed by atoms with Crippen molar-refractivity contribution < 1.29 is 14.6 Å². The minimum atomic E-state index is -0.953. The molecular weight excluding hydrogens is 240 g/mol. The molecule has 0 spiro atoms. The lowest BCUT2D eigenvalue weighted by Crippen LogP contribution is -2.22. The molecule has 0 radical (unpaired) electrons. The second-order valence-corrected chi connectivity index (χ2v) is 4.39. The largest absolute Gasteiger partial charge is 0.463 e. The quantitative estimate of drug-likeness (QED) is 0.810. The topological polar surface area (TPSA) is 38.7 Å². The van der Waals surface area contributed by atoms with Gasteiger partial charge in [-0.3, -0.25) is 0 Å². The number of rotatable bonds is 6. The summed E-state index contributed by atoms with van der Waals surface area (Å²) in [5.74, 6) is 0.649. The molecule has 0 bridgehead atoms. The molecule has 0 aliphatic carbocycles. The molecule has 1 atom stereocenters. The summed E-state index contributed by atoms with van der Waals surface area (Å²) in [6, 6.07) is 17.4. The molecule has 0 aliphatic rings. The van der Waals surface area contributed by atoms with Crippen molar-refractivity contribution in [2.75, 3.05) is 6.61 Å². The van der Waals surface area contributed by atoms with E-state index in [2.05, 4.69) is 0 Å². The maximum atomic E-state index is 9.72. The molecular formula is C16H18O3. The van der Waals surface area contributed by atoms with Crippen LogP contribution in [0, 0.1) is 6.92 Å². The zero-order valence-corrected chi connectivity index (χ0v) is 11.0. The summed E-state index contributed by atoms with van der Waals surface area (Å²) in [6.07, 6.45) is -0.953. The summed E-state index contributed by atoms with van der Waals surface area (Å²) in [7, 11) is 0. The van der Waals surface area contributed by atoms with Gasteiger partial charge < -0.3 is 14.6 Å². The second kappa shape index (κ2) is 6.92. The molecule has 0 aromatic heterocycles. The van der Waals surface area contributed by atoms with Crippen LogP contribution in [0.4, 0.5) is 0 Å². The van der Waals surface area contributed by atoms with Gasteiger partial charge in [0.1, 0.15) is 12.4 Å². The zero-order valence-electron chi connectivity index (χ0n) is 11.0. The minimum Gasteiger partial charge on any atom is -0.463 e. The Labute approximate surface area is 113 Å². The van der Waals surface area contributed by atoms with Crippen molar-refractivity contribution in [3.8, 4) is 5.75 Å². The van der Waals surface area contributed by atoms with E-state index in [-0.39, 0.29) is 6.61 Å². The third-order valence-electron chi connectivity index (χ3n) is 2.63. The van der Waals surface area contributed by atoms with Crippen LogP contribution < -0.4 is 4.74 Å². The van der Waals surface area contributed by atoms with Gasteiger partial charge in [-0.25, -0.2) is 0 Å². The van der Waals surface area contributed by atoms with Crippen LogP contribution in [-0.4, -0.2) is 18.0 Å². The molecule has 3 heteroatoms. The van der Waals surface area contributed by atoms with Crippen LogP contribution in [0.15, 0.2) is 54.6 Å². The first-order valence-electron chi connectivity index (χ1n) is 6.27. The average Bonchev–Trinajstić information content (AvgIpc) is 2.40. The third kappa shape index (κ3) is 4.73. The Morgan fingerprint density at radius 2 is 1.84 bits per heavy atom. The summed E-state index contributed by atoms with van der Waals surface area (Å²) in [5, 5.41) is 9.72. The molecule has 0 saturated heterocycles. The second-order valence-electron chi connectivity index (χ2n) is 4.39. The lowest BCUT2D eigenvalue weighted by atomic mass is 10.2. The number of hydrogen-bond acceptors (Lipinski definition) is 3. The van der Waals surface area contributed by atoms with E-state index in [4.69, 9.17) is 9.47 Å². The summed E-state index contributed by atoms with van der Waals surface area (Å²) in [6.45, 7) is 2.59. The molecule has 2 aromatic rings. The summed E-state index contributed by atoms with van der Waals surface area (Å²) in [5.41, 5.74) is 2.17. The number of aliphatic hydroxyl groups excluding tert-OH is 1. The Morgan fingerprint density at radius 3 is 2.58 bits per heavy atom. The van der Waals surface area contributed by atoms with E-state index in [0.717, 1.165) is 11.1 Å². The van der Waals surface area contributed by atoms with Crippen LogP contribution in [0.25, 0.3) is 0 Å². The predicted octanol–water partition coefficient (Wildman–Crippen LogP) is 2.91. The molecule has 0 heterocycles. The molecule has 2 aromatic carbocycles. The van der Waals surface area contributed by atoms with Gasteiger partial charge in [0.2, 0.25) is 6.29 Å². The van der Waals surface area contributed by atoms with E-state index in [1.807, 2.05) is 61.5 Å².